The van der Waals surface area contributed by atoms with E-state index >= 15 is 0 Å². The second-order valence-corrected chi connectivity index (χ2v) is 6.37. The quantitative estimate of drug-likeness (QED) is 0.789. The minimum atomic E-state index is -0.602. The van der Waals surface area contributed by atoms with E-state index in [1.807, 2.05) is 0 Å². The summed E-state index contributed by atoms with van der Waals surface area (Å²) in [5, 5.41) is 2.96. The Morgan fingerprint density at radius 3 is 2.48 bits per heavy atom. The molecular weight excluding hydrogens is 270 g/mol. The summed E-state index contributed by atoms with van der Waals surface area (Å²) in [6.45, 7) is 1.47. The maximum absolute atomic E-state index is 12.1. The number of hydrogen-bond acceptors (Lipinski definition) is 4. The second-order valence-electron chi connectivity index (χ2n) is 6.37. The number of rotatable bonds is 5. The lowest BCUT2D eigenvalue weighted by atomic mass is 9.80. The zero-order chi connectivity index (χ0) is 15.1. The van der Waals surface area contributed by atoms with Crippen LogP contribution in [0.2, 0.25) is 0 Å². The molecule has 1 amide bonds. The van der Waals surface area contributed by atoms with Crippen molar-refractivity contribution >= 4 is 11.9 Å². The Morgan fingerprint density at radius 1 is 1.19 bits per heavy atom. The highest BCUT2D eigenvalue weighted by molar-refractivity contribution is 5.80. The molecule has 1 saturated heterocycles. The Morgan fingerprint density at radius 2 is 1.86 bits per heavy atom. The molecule has 0 aromatic heterocycles. The average Bonchev–Trinajstić information content (AvgIpc) is 2.54. The van der Waals surface area contributed by atoms with Crippen LogP contribution >= 0.6 is 0 Å². The molecular formula is C16H27NO4. The summed E-state index contributed by atoms with van der Waals surface area (Å²) in [5.41, 5.74) is -0.602. The fourth-order valence-electron chi connectivity index (χ4n) is 3.43. The van der Waals surface area contributed by atoms with Gasteiger partial charge in [0.05, 0.1) is 12.5 Å². The molecule has 1 heterocycles. The molecule has 0 bridgehead atoms. The molecule has 0 unspecified atom stereocenters. The molecule has 0 spiro atoms. The number of amides is 1. The molecule has 21 heavy (non-hydrogen) atoms. The van der Waals surface area contributed by atoms with Gasteiger partial charge in [0.15, 0.2) is 0 Å². The van der Waals surface area contributed by atoms with E-state index in [1.165, 1.54) is 26.4 Å². The SMILES string of the molecule is COC(=O)C1(CNC(=O)CC2CCCCC2)CCOCC1. The number of carbonyl (C=O) groups is 2. The van der Waals surface area contributed by atoms with E-state index in [1.54, 1.807) is 0 Å². The van der Waals surface area contributed by atoms with E-state index in [2.05, 4.69) is 5.32 Å². The predicted octanol–water partition coefficient (Wildman–Crippen LogP) is 2.04. The van der Waals surface area contributed by atoms with Gasteiger partial charge in [0.2, 0.25) is 5.91 Å². The largest absolute Gasteiger partial charge is 0.469 e. The smallest absolute Gasteiger partial charge is 0.313 e. The standard InChI is InChI=1S/C16H27NO4/c1-20-15(19)16(7-9-21-10-8-16)12-17-14(18)11-13-5-3-2-4-6-13/h13H,2-12H2,1H3,(H,17,18). The molecule has 2 fully saturated rings. The van der Waals surface area contributed by atoms with Gasteiger partial charge in [-0.1, -0.05) is 19.3 Å². The molecule has 5 heteroatoms. The third-order valence-corrected chi connectivity index (χ3v) is 4.89. The van der Waals surface area contributed by atoms with Gasteiger partial charge in [-0.05, 0) is 31.6 Å². The zero-order valence-corrected chi connectivity index (χ0v) is 13.0. The number of carbonyl (C=O) groups excluding carboxylic acids is 2. The van der Waals surface area contributed by atoms with Crippen LogP contribution in [0.15, 0.2) is 0 Å². The van der Waals surface area contributed by atoms with Crippen molar-refractivity contribution in [2.45, 2.75) is 51.4 Å². The number of hydrogen-bond donors (Lipinski definition) is 1. The molecule has 0 radical (unpaired) electrons. The van der Waals surface area contributed by atoms with Gasteiger partial charge in [-0.2, -0.15) is 0 Å². The summed E-state index contributed by atoms with van der Waals surface area (Å²) in [4.78, 5) is 24.2. The van der Waals surface area contributed by atoms with Crippen molar-refractivity contribution in [3.05, 3.63) is 0 Å². The summed E-state index contributed by atoms with van der Waals surface area (Å²) in [6.07, 6.45) is 7.90. The fourth-order valence-corrected chi connectivity index (χ4v) is 3.43. The van der Waals surface area contributed by atoms with Crippen molar-refractivity contribution in [3.63, 3.8) is 0 Å². The molecule has 0 atom stereocenters. The van der Waals surface area contributed by atoms with Crippen molar-refractivity contribution in [1.29, 1.82) is 0 Å². The van der Waals surface area contributed by atoms with E-state index < -0.39 is 5.41 Å². The van der Waals surface area contributed by atoms with Gasteiger partial charge in [-0.25, -0.2) is 0 Å². The highest BCUT2D eigenvalue weighted by atomic mass is 16.5. The number of methoxy groups -OCH3 is 1. The van der Waals surface area contributed by atoms with Crippen LogP contribution in [0.5, 0.6) is 0 Å². The molecule has 1 N–H and O–H groups in total. The molecule has 1 aliphatic heterocycles. The second kappa shape index (κ2) is 7.78. The Bertz CT molecular complexity index is 357. The van der Waals surface area contributed by atoms with Gasteiger partial charge in [0.25, 0.3) is 0 Å². The molecule has 0 aromatic carbocycles. The Labute approximate surface area is 126 Å². The van der Waals surface area contributed by atoms with Gasteiger partial charge in [0, 0.05) is 26.2 Å². The minimum absolute atomic E-state index is 0.0664. The molecule has 1 saturated carbocycles. The van der Waals surface area contributed by atoms with Crippen molar-refractivity contribution < 1.29 is 19.1 Å². The van der Waals surface area contributed by atoms with Gasteiger partial charge in [-0.15, -0.1) is 0 Å². The number of ether oxygens (including phenoxy) is 2. The zero-order valence-electron chi connectivity index (χ0n) is 13.0. The van der Waals surface area contributed by atoms with Crippen molar-refractivity contribution in [1.82, 2.24) is 5.32 Å². The first-order chi connectivity index (χ1) is 10.2. The van der Waals surface area contributed by atoms with Crippen LogP contribution < -0.4 is 5.32 Å². The first-order valence-electron chi connectivity index (χ1n) is 8.09. The lowest BCUT2D eigenvalue weighted by molar-refractivity contribution is -0.158. The molecule has 0 aromatic rings. The van der Waals surface area contributed by atoms with Crippen LogP contribution in [0.25, 0.3) is 0 Å². The van der Waals surface area contributed by atoms with Gasteiger partial charge in [-0.3, -0.25) is 9.59 Å². The highest BCUT2D eigenvalue weighted by Gasteiger charge is 2.41. The topological polar surface area (TPSA) is 64.6 Å². The maximum Gasteiger partial charge on any atom is 0.313 e. The molecule has 120 valence electrons. The Hall–Kier alpha value is -1.10. The summed E-state index contributed by atoms with van der Waals surface area (Å²) in [5.74, 6) is 0.350. The lowest BCUT2D eigenvalue weighted by Crippen LogP contribution is -2.47. The monoisotopic (exact) mass is 297 g/mol. The van der Waals surface area contributed by atoms with E-state index in [0.717, 1.165) is 12.8 Å². The third-order valence-electron chi connectivity index (χ3n) is 4.89. The van der Waals surface area contributed by atoms with Crippen molar-refractivity contribution in [2.24, 2.45) is 11.3 Å². The molecule has 2 rings (SSSR count). The lowest BCUT2D eigenvalue weighted by Gasteiger charge is -2.34. The van der Waals surface area contributed by atoms with Crippen LogP contribution in [0.3, 0.4) is 0 Å². The Balaban J connectivity index is 1.83. The maximum atomic E-state index is 12.1. The van der Waals surface area contributed by atoms with Gasteiger partial charge in [0.1, 0.15) is 0 Å². The van der Waals surface area contributed by atoms with Gasteiger partial charge >= 0.3 is 5.97 Å². The van der Waals surface area contributed by atoms with Crippen LogP contribution in [0.4, 0.5) is 0 Å². The summed E-state index contributed by atoms with van der Waals surface area (Å²) < 4.78 is 10.3. The molecule has 5 nitrogen and oxygen atoms in total. The first-order valence-corrected chi connectivity index (χ1v) is 8.09. The third kappa shape index (κ3) is 4.43. The van der Waals surface area contributed by atoms with E-state index in [9.17, 15) is 9.59 Å². The average molecular weight is 297 g/mol. The van der Waals surface area contributed by atoms with Crippen LogP contribution in [-0.4, -0.2) is 38.7 Å². The number of nitrogens with one attached hydrogen (secondary N) is 1. The summed E-state index contributed by atoms with van der Waals surface area (Å²) in [6, 6.07) is 0. The normalized spacial score (nSPS) is 22.5. The number of esters is 1. The van der Waals surface area contributed by atoms with Crippen LogP contribution in [0.1, 0.15) is 51.4 Å². The van der Waals surface area contributed by atoms with Crippen LogP contribution in [-0.2, 0) is 19.1 Å². The predicted molar refractivity (Wildman–Crippen MR) is 78.7 cm³/mol. The fraction of sp³-hybridized carbons (Fsp3) is 0.875. The summed E-state index contributed by atoms with van der Waals surface area (Å²) >= 11 is 0. The van der Waals surface area contributed by atoms with Crippen molar-refractivity contribution in [2.75, 3.05) is 26.9 Å². The van der Waals surface area contributed by atoms with E-state index in [-0.39, 0.29) is 11.9 Å². The van der Waals surface area contributed by atoms with Crippen molar-refractivity contribution in [3.8, 4) is 0 Å². The van der Waals surface area contributed by atoms with Gasteiger partial charge < -0.3 is 14.8 Å². The highest BCUT2D eigenvalue weighted by Crippen LogP contribution is 2.31. The van der Waals surface area contributed by atoms with Crippen LogP contribution in [0, 0.1) is 11.3 Å². The minimum Gasteiger partial charge on any atom is -0.469 e. The molecule has 1 aliphatic carbocycles. The summed E-state index contributed by atoms with van der Waals surface area (Å²) in [7, 11) is 1.41. The first kappa shape index (κ1) is 16.3. The van der Waals surface area contributed by atoms with E-state index in [0.29, 0.717) is 44.9 Å². The Kier molecular flexibility index (Phi) is 6.03. The van der Waals surface area contributed by atoms with E-state index in [4.69, 9.17) is 9.47 Å². The molecule has 2 aliphatic rings.